The predicted octanol–water partition coefficient (Wildman–Crippen LogP) is 2.97. The summed E-state index contributed by atoms with van der Waals surface area (Å²) in [4.78, 5) is 13.3. The van der Waals surface area contributed by atoms with Gasteiger partial charge >= 0.3 is 6.36 Å². The average molecular weight is 439 g/mol. The van der Waals surface area contributed by atoms with Crippen LogP contribution in [0.2, 0.25) is 0 Å². The molecule has 1 amide bonds. The van der Waals surface area contributed by atoms with Crippen molar-refractivity contribution in [3.63, 3.8) is 0 Å². The molecule has 0 aliphatic heterocycles. The maximum absolute atomic E-state index is 12.2. The van der Waals surface area contributed by atoms with Crippen molar-refractivity contribution in [3.8, 4) is 5.75 Å². The van der Waals surface area contributed by atoms with E-state index < -0.39 is 32.9 Å². The lowest BCUT2D eigenvalue weighted by Crippen LogP contribution is -2.41. The predicted molar refractivity (Wildman–Crippen MR) is 85.1 cm³/mol. The van der Waals surface area contributed by atoms with E-state index in [2.05, 4.69) is 20.7 Å². The summed E-state index contributed by atoms with van der Waals surface area (Å²) in [6, 6.07) is 10.0. The van der Waals surface area contributed by atoms with Crippen LogP contribution in [0.5, 0.6) is 5.75 Å². The fourth-order valence-corrected chi connectivity index (χ4v) is 3.06. The zero-order valence-electron chi connectivity index (χ0n) is 12.2. The Labute approximate surface area is 149 Å². The summed E-state index contributed by atoms with van der Waals surface area (Å²) in [6.07, 6.45) is -4.95. The second-order valence-electron chi connectivity index (χ2n) is 4.56. The number of ether oxygens (including phenoxy) is 1. The number of alkyl halides is 3. The van der Waals surface area contributed by atoms with Crippen molar-refractivity contribution in [1.82, 2.24) is 10.3 Å². The lowest BCUT2D eigenvalue weighted by atomic mass is 10.2. The number of nitrogens with one attached hydrogen (secondary N) is 2. The molecular weight excluding hydrogens is 429 g/mol. The maximum atomic E-state index is 12.2. The molecule has 0 aliphatic rings. The van der Waals surface area contributed by atoms with E-state index in [1.165, 1.54) is 6.07 Å². The number of sulfonamides is 1. The molecule has 2 aromatic carbocycles. The highest BCUT2D eigenvalue weighted by atomic mass is 79.9. The molecule has 2 rings (SSSR count). The smallest absolute Gasteiger partial charge is 0.406 e. The average Bonchev–Trinajstić information content (AvgIpc) is 2.52. The van der Waals surface area contributed by atoms with Crippen LogP contribution in [0, 0.1) is 0 Å². The summed E-state index contributed by atoms with van der Waals surface area (Å²) in [6.45, 7) is 0. The van der Waals surface area contributed by atoms with Crippen molar-refractivity contribution in [2.75, 3.05) is 0 Å². The van der Waals surface area contributed by atoms with Crippen molar-refractivity contribution in [2.45, 2.75) is 11.3 Å². The highest BCUT2D eigenvalue weighted by Crippen LogP contribution is 2.24. The molecule has 2 N–H and O–H groups in total. The lowest BCUT2D eigenvalue weighted by Gasteiger charge is -2.12. The van der Waals surface area contributed by atoms with Crippen LogP contribution in [-0.4, -0.2) is 20.7 Å². The molecule has 0 radical (unpaired) electrons. The zero-order valence-corrected chi connectivity index (χ0v) is 14.6. The van der Waals surface area contributed by atoms with Gasteiger partial charge in [0.2, 0.25) is 0 Å². The fourth-order valence-electron chi connectivity index (χ4n) is 1.72. The molecule has 134 valence electrons. The third-order valence-electron chi connectivity index (χ3n) is 2.77. The summed E-state index contributed by atoms with van der Waals surface area (Å²) in [5.41, 5.74) is 2.14. The van der Waals surface area contributed by atoms with Crippen molar-refractivity contribution in [3.05, 3.63) is 58.6 Å². The number of hydrazine groups is 1. The molecule has 0 saturated carbocycles. The van der Waals surface area contributed by atoms with Crippen LogP contribution < -0.4 is 15.0 Å². The number of hydrogen-bond donors (Lipinski definition) is 2. The Morgan fingerprint density at radius 3 is 2.40 bits per heavy atom. The summed E-state index contributed by atoms with van der Waals surface area (Å²) in [5.74, 6) is -1.45. The van der Waals surface area contributed by atoms with E-state index in [1.807, 2.05) is 5.43 Å². The van der Waals surface area contributed by atoms with Gasteiger partial charge in [-0.25, -0.2) is 8.42 Å². The van der Waals surface area contributed by atoms with E-state index >= 15 is 0 Å². The van der Waals surface area contributed by atoms with Crippen LogP contribution in [0.4, 0.5) is 13.2 Å². The van der Waals surface area contributed by atoms with Crippen molar-refractivity contribution >= 4 is 31.9 Å². The Hall–Kier alpha value is -2.11. The van der Waals surface area contributed by atoms with E-state index in [0.29, 0.717) is 10.5 Å². The molecule has 0 heterocycles. The molecule has 0 spiro atoms. The maximum Gasteiger partial charge on any atom is 0.573 e. The van der Waals surface area contributed by atoms with Crippen LogP contribution in [0.25, 0.3) is 0 Å². The van der Waals surface area contributed by atoms with Gasteiger partial charge in [0.05, 0.1) is 10.5 Å². The van der Waals surface area contributed by atoms with Gasteiger partial charge in [-0.2, -0.15) is 0 Å². The normalized spacial score (nSPS) is 11.8. The van der Waals surface area contributed by atoms with Crippen molar-refractivity contribution < 1.29 is 31.1 Å². The zero-order chi connectivity index (χ0) is 18.7. The van der Waals surface area contributed by atoms with Gasteiger partial charge in [0.25, 0.3) is 15.9 Å². The summed E-state index contributed by atoms with van der Waals surface area (Å²) >= 11 is 3.14. The highest BCUT2D eigenvalue weighted by molar-refractivity contribution is 9.10. The molecule has 0 fully saturated rings. The van der Waals surface area contributed by atoms with Crippen LogP contribution in [0.3, 0.4) is 0 Å². The minimum absolute atomic E-state index is 0.166. The van der Waals surface area contributed by atoms with Crippen LogP contribution in [0.1, 0.15) is 10.4 Å². The Balaban J connectivity index is 2.13. The first-order valence-electron chi connectivity index (χ1n) is 6.51. The highest BCUT2D eigenvalue weighted by Gasteiger charge is 2.31. The van der Waals surface area contributed by atoms with Gasteiger partial charge in [0, 0.05) is 10.5 Å². The third kappa shape index (κ3) is 5.44. The Morgan fingerprint density at radius 2 is 1.76 bits per heavy atom. The van der Waals surface area contributed by atoms with Gasteiger partial charge in [-0.15, -0.1) is 18.0 Å². The molecule has 2 aromatic rings. The van der Waals surface area contributed by atoms with E-state index in [0.717, 1.165) is 18.2 Å². The van der Waals surface area contributed by atoms with E-state index in [1.54, 1.807) is 23.0 Å². The number of rotatable bonds is 5. The first-order chi connectivity index (χ1) is 11.6. The molecule has 0 aromatic heterocycles. The van der Waals surface area contributed by atoms with Gasteiger partial charge in [0.1, 0.15) is 5.75 Å². The standard InChI is InChI=1S/C14H10BrF3N2O4S/c15-12-7-2-1-6-11(12)13(21)19-20-25(22,23)10-5-3-4-9(8-10)24-14(16,17)18/h1-8,20H,(H,19,21). The monoisotopic (exact) mass is 438 g/mol. The topological polar surface area (TPSA) is 84.5 Å². The third-order valence-corrected chi connectivity index (χ3v) is 4.70. The Morgan fingerprint density at radius 1 is 1.08 bits per heavy atom. The fraction of sp³-hybridized carbons (Fsp3) is 0.0714. The summed E-state index contributed by atoms with van der Waals surface area (Å²) in [7, 11) is -4.30. The number of carbonyl (C=O) groups is 1. The Kier molecular flexibility index (Phi) is 5.70. The number of amides is 1. The molecule has 0 saturated heterocycles. The van der Waals surface area contributed by atoms with Crippen molar-refractivity contribution in [1.29, 1.82) is 0 Å². The molecule has 25 heavy (non-hydrogen) atoms. The Bertz CT molecular complexity index is 888. The molecule has 0 unspecified atom stereocenters. The molecule has 0 aliphatic carbocycles. The number of carbonyl (C=O) groups excluding carboxylic acids is 1. The first kappa shape index (κ1) is 19.2. The second kappa shape index (κ2) is 7.42. The van der Waals surface area contributed by atoms with E-state index in [4.69, 9.17) is 0 Å². The van der Waals surface area contributed by atoms with Gasteiger partial charge in [-0.3, -0.25) is 10.2 Å². The SMILES string of the molecule is O=C(NNS(=O)(=O)c1cccc(OC(F)(F)F)c1)c1ccccc1Br. The molecule has 6 nitrogen and oxygen atoms in total. The summed E-state index contributed by atoms with van der Waals surface area (Å²) < 4.78 is 64.9. The molecular formula is C14H10BrF3N2O4S. The first-order valence-corrected chi connectivity index (χ1v) is 8.78. The van der Waals surface area contributed by atoms with Gasteiger partial charge in [0.15, 0.2) is 0 Å². The number of benzene rings is 2. The van der Waals surface area contributed by atoms with Gasteiger partial charge in [-0.1, -0.05) is 18.2 Å². The van der Waals surface area contributed by atoms with Gasteiger partial charge in [-0.05, 0) is 40.2 Å². The molecule has 11 heteroatoms. The number of halogens is 4. The lowest BCUT2D eigenvalue weighted by molar-refractivity contribution is -0.274. The van der Waals surface area contributed by atoms with Crippen LogP contribution in [0.15, 0.2) is 57.9 Å². The van der Waals surface area contributed by atoms with E-state index in [9.17, 15) is 26.4 Å². The van der Waals surface area contributed by atoms with Crippen molar-refractivity contribution in [2.24, 2.45) is 0 Å². The second-order valence-corrected chi connectivity index (χ2v) is 7.10. The number of hydrogen-bond acceptors (Lipinski definition) is 4. The van der Waals surface area contributed by atoms with Gasteiger partial charge < -0.3 is 4.74 Å². The summed E-state index contributed by atoms with van der Waals surface area (Å²) in [5, 5.41) is 0. The van der Waals surface area contributed by atoms with E-state index in [-0.39, 0.29) is 5.56 Å². The van der Waals surface area contributed by atoms with Crippen LogP contribution >= 0.6 is 15.9 Å². The quantitative estimate of drug-likeness (QED) is 0.702. The molecule has 0 atom stereocenters. The minimum atomic E-state index is -4.95. The largest absolute Gasteiger partial charge is 0.573 e. The molecule has 0 bridgehead atoms. The van der Waals surface area contributed by atoms with Crippen LogP contribution in [-0.2, 0) is 10.0 Å². The minimum Gasteiger partial charge on any atom is -0.406 e.